The Kier molecular flexibility index (Phi) is 3.25. The lowest BCUT2D eigenvalue weighted by atomic mass is 9.89. The van der Waals surface area contributed by atoms with Gasteiger partial charge in [-0.25, -0.2) is 0 Å². The molecule has 5 nitrogen and oxygen atoms in total. The maximum Gasteiger partial charge on any atom is 0.200 e. The highest BCUT2D eigenvalue weighted by atomic mass is 16.5. The minimum Gasteiger partial charge on any atom is -0.508 e. The molecule has 1 heterocycles. The van der Waals surface area contributed by atoms with Crippen LogP contribution in [0.5, 0.6) is 28.7 Å². The Morgan fingerprint density at radius 1 is 1.10 bits per heavy atom. The number of methoxy groups -OCH3 is 1. The van der Waals surface area contributed by atoms with Gasteiger partial charge >= 0.3 is 0 Å². The predicted octanol–water partition coefficient (Wildman–Crippen LogP) is 2.53. The first-order valence-electron chi connectivity index (χ1n) is 6.63. The molecule has 2 aromatic rings. The van der Waals surface area contributed by atoms with E-state index in [1.807, 2.05) is 0 Å². The number of benzene rings is 2. The zero-order valence-corrected chi connectivity index (χ0v) is 11.5. The summed E-state index contributed by atoms with van der Waals surface area (Å²) in [7, 11) is 1.43. The summed E-state index contributed by atoms with van der Waals surface area (Å²) < 4.78 is 10.6. The number of phenolic OH excluding ortho intramolecular Hbond substituents is 3. The lowest BCUT2D eigenvalue weighted by Gasteiger charge is -2.26. The molecule has 0 amide bonds. The van der Waals surface area contributed by atoms with Crippen molar-refractivity contribution in [3.63, 3.8) is 0 Å². The quantitative estimate of drug-likeness (QED) is 0.740. The minimum absolute atomic E-state index is 0.0705. The summed E-state index contributed by atoms with van der Waals surface area (Å²) >= 11 is 0. The van der Waals surface area contributed by atoms with Crippen molar-refractivity contribution < 1.29 is 24.8 Å². The second kappa shape index (κ2) is 5.09. The van der Waals surface area contributed by atoms with Gasteiger partial charge in [-0.2, -0.15) is 0 Å². The summed E-state index contributed by atoms with van der Waals surface area (Å²) in [4.78, 5) is 0. The van der Waals surface area contributed by atoms with E-state index in [4.69, 9.17) is 9.47 Å². The van der Waals surface area contributed by atoms with Gasteiger partial charge in [0.25, 0.3) is 0 Å². The van der Waals surface area contributed by atoms with E-state index in [1.54, 1.807) is 30.3 Å². The minimum atomic E-state index is -0.258. The van der Waals surface area contributed by atoms with Crippen molar-refractivity contribution >= 4 is 0 Å². The van der Waals surface area contributed by atoms with Crippen LogP contribution in [0.25, 0.3) is 0 Å². The molecule has 0 radical (unpaired) electrons. The lowest BCUT2D eigenvalue weighted by molar-refractivity contribution is 0.257. The van der Waals surface area contributed by atoms with E-state index in [0.717, 1.165) is 5.56 Å². The fourth-order valence-corrected chi connectivity index (χ4v) is 2.63. The van der Waals surface area contributed by atoms with Gasteiger partial charge < -0.3 is 24.8 Å². The smallest absolute Gasteiger partial charge is 0.200 e. The highest BCUT2D eigenvalue weighted by molar-refractivity contribution is 5.56. The Labute approximate surface area is 122 Å². The van der Waals surface area contributed by atoms with E-state index in [1.165, 1.54) is 7.11 Å². The average Bonchev–Trinajstić information content (AvgIpc) is 2.49. The SMILES string of the molecule is COc1ccc([C@H]2COc3cc(O)ccc3C2)c(O)c1O. The van der Waals surface area contributed by atoms with Gasteiger partial charge in [-0.1, -0.05) is 12.1 Å². The molecule has 1 aliphatic rings. The number of hydrogen-bond donors (Lipinski definition) is 3. The number of rotatable bonds is 2. The highest BCUT2D eigenvalue weighted by Crippen LogP contribution is 2.43. The molecule has 5 heteroatoms. The summed E-state index contributed by atoms with van der Waals surface area (Å²) in [6.07, 6.45) is 0.662. The Bertz CT molecular complexity index is 681. The van der Waals surface area contributed by atoms with Crippen LogP contribution in [-0.2, 0) is 6.42 Å². The fourth-order valence-electron chi connectivity index (χ4n) is 2.63. The predicted molar refractivity (Wildman–Crippen MR) is 76.4 cm³/mol. The number of aromatic hydroxyl groups is 3. The van der Waals surface area contributed by atoms with Gasteiger partial charge in [-0.15, -0.1) is 0 Å². The summed E-state index contributed by atoms with van der Waals surface area (Å²) in [5, 5.41) is 29.5. The van der Waals surface area contributed by atoms with E-state index in [2.05, 4.69) is 0 Å². The van der Waals surface area contributed by atoms with Gasteiger partial charge in [-0.05, 0) is 24.1 Å². The van der Waals surface area contributed by atoms with Crippen LogP contribution in [0.1, 0.15) is 17.0 Å². The zero-order chi connectivity index (χ0) is 15.0. The van der Waals surface area contributed by atoms with Crippen LogP contribution in [0.3, 0.4) is 0 Å². The standard InChI is InChI=1S/C16H16O5/c1-20-13-5-4-12(15(18)16(13)19)10-6-9-2-3-11(17)7-14(9)21-8-10/h2-5,7,10,17-19H,6,8H2,1H3/t10-/m1/s1. The number of ether oxygens (including phenoxy) is 2. The second-order valence-corrected chi connectivity index (χ2v) is 5.06. The van der Waals surface area contributed by atoms with Crippen LogP contribution < -0.4 is 9.47 Å². The van der Waals surface area contributed by atoms with Crippen molar-refractivity contribution in [3.8, 4) is 28.7 Å². The maximum atomic E-state index is 10.1. The van der Waals surface area contributed by atoms with E-state index in [-0.39, 0.29) is 28.9 Å². The molecule has 21 heavy (non-hydrogen) atoms. The van der Waals surface area contributed by atoms with Crippen LogP contribution >= 0.6 is 0 Å². The largest absolute Gasteiger partial charge is 0.508 e. The fraction of sp³-hybridized carbons (Fsp3) is 0.250. The van der Waals surface area contributed by atoms with Gasteiger partial charge in [-0.3, -0.25) is 0 Å². The third-order valence-electron chi connectivity index (χ3n) is 3.76. The van der Waals surface area contributed by atoms with E-state index >= 15 is 0 Å². The van der Waals surface area contributed by atoms with Crippen LogP contribution in [0, 0.1) is 0 Å². The molecule has 0 saturated carbocycles. The van der Waals surface area contributed by atoms with Crippen LogP contribution in [0.2, 0.25) is 0 Å². The molecule has 3 N–H and O–H groups in total. The zero-order valence-electron chi connectivity index (χ0n) is 11.5. The van der Waals surface area contributed by atoms with Gasteiger partial charge in [0.05, 0.1) is 13.7 Å². The Morgan fingerprint density at radius 2 is 1.90 bits per heavy atom. The summed E-state index contributed by atoms with van der Waals surface area (Å²) in [5.74, 6) is 0.550. The second-order valence-electron chi connectivity index (χ2n) is 5.06. The topological polar surface area (TPSA) is 79.2 Å². The Balaban J connectivity index is 1.93. The first-order valence-corrected chi connectivity index (χ1v) is 6.63. The molecule has 0 saturated heterocycles. The highest BCUT2D eigenvalue weighted by Gasteiger charge is 2.26. The molecule has 0 aliphatic carbocycles. The molecular weight excluding hydrogens is 272 g/mol. The van der Waals surface area contributed by atoms with Crippen molar-refractivity contribution in [2.24, 2.45) is 0 Å². The number of hydrogen-bond acceptors (Lipinski definition) is 5. The molecule has 110 valence electrons. The van der Waals surface area contributed by atoms with Crippen molar-refractivity contribution in [2.75, 3.05) is 13.7 Å². The molecule has 0 spiro atoms. The Morgan fingerprint density at radius 3 is 2.67 bits per heavy atom. The third-order valence-corrected chi connectivity index (χ3v) is 3.76. The van der Waals surface area contributed by atoms with Crippen molar-refractivity contribution in [1.82, 2.24) is 0 Å². The molecule has 1 atom stereocenters. The molecular formula is C16H16O5. The van der Waals surface area contributed by atoms with E-state index < -0.39 is 0 Å². The van der Waals surface area contributed by atoms with Crippen molar-refractivity contribution in [2.45, 2.75) is 12.3 Å². The normalized spacial score (nSPS) is 16.9. The van der Waals surface area contributed by atoms with Gasteiger partial charge in [0, 0.05) is 17.5 Å². The van der Waals surface area contributed by atoms with Gasteiger partial charge in [0.2, 0.25) is 5.75 Å². The Hall–Kier alpha value is -2.56. The van der Waals surface area contributed by atoms with Crippen molar-refractivity contribution in [1.29, 1.82) is 0 Å². The number of fused-ring (bicyclic) bond motifs is 1. The molecule has 0 bridgehead atoms. The van der Waals surface area contributed by atoms with Gasteiger partial charge in [0.1, 0.15) is 11.5 Å². The monoisotopic (exact) mass is 288 g/mol. The average molecular weight is 288 g/mol. The van der Waals surface area contributed by atoms with E-state index in [9.17, 15) is 15.3 Å². The molecule has 0 unspecified atom stereocenters. The first kappa shape index (κ1) is 13.4. The molecule has 1 aliphatic heterocycles. The van der Waals surface area contributed by atoms with Crippen LogP contribution in [0.4, 0.5) is 0 Å². The third kappa shape index (κ3) is 2.31. The van der Waals surface area contributed by atoms with E-state index in [0.29, 0.717) is 24.3 Å². The van der Waals surface area contributed by atoms with Gasteiger partial charge in [0.15, 0.2) is 11.5 Å². The van der Waals surface area contributed by atoms with Crippen LogP contribution in [-0.4, -0.2) is 29.0 Å². The lowest BCUT2D eigenvalue weighted by Crippen LogP contribution is -2.19. The molecule has 0 aromatic heterocycles. The van der Waals surface area contributed by atoms with Crippen molar-refractivity contribution in [3.05, 3.63) is 41.5 Å². The molecule has 3 rings (SSSR count). The maximum absolute atomic E-state index is 10.1. The first-order chi connectivity index (χ1) is 10.1. The summed E-state index contributed by atoms with van der Waals surface area (Å²) in [6.45, 7) is 0.371. The van der Waals surface area contributed by atoms with Crippen LogP contribution in [0.15, 0.2) is 30.3 Å². The summed E-state index contributed by atoms with van der Waals surface area (Å²) in [6, 6.07) is 8.34. The summed E-state index contributed by atoms with van der Waals surface area (Å²) in [5.41, 5.74) is 1.57. The number of phenols is 3. The molecule has 0 fully saturated rings. The molecule has 2 aromatic carbocycles.